The third-order valence-corrected chi connectivity index (χ3v) is 24.9. The molecule has 0 radical (unpaired) electrons. The van der Waals surface area contributed by atoms with Crippen LogP contribution in [0.15, 0.2) is 431 Å². The molecule has 0 amide bonds. The molecule has 0 saturated heterocycles. The van der Waals surface area contributed by atoms with E-state index in [-0.39, 0.29) is 0 Å². The lowest BCUT2D eigenvalue weighted by atomic mass is 9.94. The van der Waals surface area contributed by atoms with Crippen LogP contribution in [0.4, 0.5) is 0 Å². The lowest BCUT2D eigenvalue weighted by molar-refractivity contribution is 0.954. The predicted octanol–water partition coefficient (Wildman–Crippen LogP) is 28.2. The van der Waals surface area contributed by atoms with E-state index in [9.17, 15) is 0 Å². The Hall–Kier alpha value is -17.6. The molecular formula is C115H71N13. The predicted molar refractivity (Wildman–Crippen MR) is 522 cm³/mol. The number of aromatic nitrogens is 13. The number of benzene rings is 18. The molecule has 0 saturated carbocycles. The van der Waals surface area contributed by atoms with E-state index in [1.54, 1.807) is 0 Å². The van der Waals surface area contributed by atoms with E-state index in [4.69, 9.17) is 44.9 Å². The SMILES string of the molecule is c1ccc(-c2cc(-c3ccccc3)nc(-n3c4ccccc4c4cc(-c5ccc6c7c5ccc5cccc(c57)n6-c5nc(-c6ccccc6)cc(-c6ccccc6)n5)ccc43)n2)cc1.c1ccc(-c2cc(-c3ccccc3)nc(-n3c4ccccc4c4cc(-c5ccc6c7c5ccc5cccc(c57)n6-c5nc(-c6ccccc6)nc(-c6ccccc6)n5)ccc43)n2)cc1. The van der Waals surface area contributed by atoms with Crippen LogP contribution in [0.1, 0.15) is 0 Å². The summed E-state index contributed by atoms with van der Waals surface area (Å²) in [7, 11) is 0. The number of rotatable bonds is 14. The molecule has 0 aliphatic rings. The Morgan fingerprint density at radius 3 is 0.727 bits per heavy atom. The maximum Gasteiger partial charge on any atom is 0.238 e. The number of hydrogen-bond donors (Lipinski definition) is 0. The van der Waals surface area contributed by atoms with Crippen LogP contribution in [0.2, 0.25) is 0 Å². The first-order valence-corrected chi connectivity index (χ1v) is 43.0. The van der Waals surface area contributed by atoms with Gasteiger partial charge in [-0.1, -0.05) is 352 Å². The molecule has 0 bridgehead atoms. The number of fused-ring (bicyclic) bond motifs is 6. The van der Waals surface area contributed by atoms with Gasteiger partial charge in [-0.05, 0) is 123 Å². The zero-order valence-electron chi connectivity index (χ0n) is 68.8. The first-order chi connectivity index (χ1) is 63.5. The van der Waals surface area contributed by atoms with Gasteiger partial charge in [-0.2, -0.15) is 9.97 Å². The summed E-state index contributed by atoms with van der Waals surface area (Å²) in [6, 6.07) is 150. The first-order valence-electron chi connectivity index (χ1n) is 43.0. The number of hydrogen-bond acceptors (Lipinski definition) is 9. The average molecular weight is 1630 g/mol. The summed E-state index contributed by atoms with van der Waals surface area (Å²) in [4.78, 5) is 46.9. The first kappa shape index (κ1) is 73.2. The topological polar surface area (TPSA) is 136 Å². The Bertz CT molecular complexity index is 8040. The molecule has 0 atom stereocenters. The Morgan fingerprint density at radius 2 is 0.398 bits per heavy atom. The molecule has 0 N–H and O–H groups in total. The molecule has 128 heavy (non-hydrogen) atoms. The van der Waals surface area contributed by atoms with Gasteiger partial charge in [0.1, 0.15) is 0 Å². The number of para-hydroxylation sites is 2. The molecular weight excluding hydrogens is 1560 g/mol. The Morgan fingerprint density at radius 1 is 0.141 bits per heavy atom. The molecule has 0 aliphatic heterocycles. The Balaban J connectivity index is 0.000000139. The van der Waals surface area contributed by atoms with E-state index in [2.05, 4.69) is 352 Å². The van der Waals surface area contributed by atoms with Crippen molar-refractivity contribution in [1.82, 2.24) is 63.1 Å². The van der Waals surface area contributed by atoms with E-state index in [0.29, 0.717) is 35.4 Å². The van der Waals surface area contributed by atoms with Crippen molar-refractivity contribution in [1.29, 1.82) is 0 Å². The van der Waals surface area contributed by atoms with E-state index in [1.807, 2.05) is 97.1 Å². The van der Waals surface area contributed by atoms with Crippen molar-refractivity contribution >= 4 is 109 Å². The fourth-order valence-electron chi connectivity index (χ4n) is 19.1. The molecule has 13 nitrogen and oxygen atoms in total. The highest BCUT2D eigenvalue weighted by Crippen LogP contribution is 2.48. The molecule has 0 unspecified atom stereocenters. The van der Waals surface area contributed by atoms with Crippen molar-refractivity contribution in [2.24, 2.45) is 0 Å². The lowest BCUT2D eigenvalue weighted by Crippen LogP contribution is -2.06. The molecule has 0 spiro atoms. The van der Waals surface area contributed by atoms with Crippen molar-refractivity contribution in [2.45, 2.75) is 0 Å². The average Bonchev–Trinajstić information content (AvgIpc) is 1.55. The van der Waals surface area contributed by atoms with Crippen LogP contribution >= 0.6 is 0 Å². The summed E-state index contributed by atoms with van der Waals surface area (Å²) in [5, 5.41) is 14.0. The highest BCUT2D eigenvalue weighted by Gasteiger charge is 2.28. The molecule has 18 aromatic carbocycles. The largest absolute Gasteiger partial charge is 0.278 e. The van der Waals surface area contributed by atoms with Crippen molar-refractivity contribution in [2.75, 3.05) is 0 Å². The van der Waals surface area contributed by atoms with E-state index >= 15 is 0 Å². The minimum Gasteiger partial charge on any atom is -0.278 e. The molecule has 26 rings (SSSR count). The van der Waals surface area contributed by atoms with Gasteiger partial charge in [0.2, 0.25) is 23.8 Å². The quantitative estimate of drug-likeness (QED) is 0.0975. The van der Waals surface area contributed by atoms with Gasteiger partial charge in [0.15, 0.2) is 11.6 Å². The minimum absolute atomic E-state index is 0.577. The summed E-state index contributed by atoms with van der Waals surface area (Å²) in [6.45, 7) is 0. The zero-order valence-corrected chi connectivity index (χ0v) is 68.8. The van der Waals surface area contributed by atoms with Crippen LogP contribution in [-0.4, -0.2) is 63.1 Å². The van der Waals surface area contributed by atoms with Crippen LogP contribution in [0.25, 0.3) is 245 Å². The monoisotopic (exact) mass is 1630 g/mol. The molecule has 13 heteroatoms. The summed E-state index contributed by atoms with van der Waals surface area (Å²) in [5.41, 5.74) is 26.3. The molecule has 8 heterocycles. The molecule has 596 valence electrons. The Labute approximate surface area is 734 Å². The van der Waals surface area contributed by atoms with Gasteiger partial charge in [0.25, 0.3) is 0 Å². The summed E-state index contributed by atoms with van der Waals surface area (Å²) < 4.78 is 8.88. The van der Waals surface area contributed by atoms with Crippen LogP contribution < -0.4 is 0 Å². The maximum absolute atomic E-state index is 5.29. The van der Waals surface area contributed by atoms with Gasteiger partial charge in [0.05, 0.1) is 78.3 Å². The van der Waals surface area contributed by atoms with Crippen LogP contribution in [0.3, 0.4) is 0 Å². The normalized spacial score (nSPS) is 11.8. The summed E-state index contributed by atoms with van der Waals surface area (Å²) in [6.07, 6.45) is 0. The van der Waals surface area contributed by atoms with Gasteiger partial charge >= 0.3 is 0 Å². The standard InChI is InChI=1S/C58H36N6.C57H35N7/c1-5-16-37(17-6-1)47-35-48(38-18-7-2-8-19-38)60-57(59-47)63-51-26-14-13-25-44(51)46-34-42(29-32-52(46)63)43-31-33-54-56-45(43)30-28-41-24-15-27-53(55(41)56)64(54)58-61-49(39-20-9-3-10-21-39)36-50(62-58)40-22-11-4-12-23-40;1-5-16-36(17-6-1)46-35-47(37-18-7-2-8-19-37)59-56(58-46)63-48-26-14-13-25-43(48)45-34-41(29-32-49(45)63)42-31-33-51-53-44(42)30-28-38-24-15-27-50(52(38)53)64(51)57-61-54(39-20-9-3-10-21-39)60-55(62-57)40-22-11-4-12-23-40/h1-36H;1-35H. The van der Waals surface area contributed by atoms with Crippen molar-refractivity contribution in [3.63, 3.8) is 0 Å². The summed E-state index contributed by atoms with van der Waals surface area (Å²) in [5.74, 6) is 3.73. The molecule has 0 aliphatic carbocycles. The molecule has 26 aromatic rings. The van der Waals surface area contributed by atoms with Gasteiger partial charge in [-0.15, -0.1) is 0 Å². The van der Waals surface area contributed by atoms with Gasteiger partial charge < -0.3 is 0 Å². The van der Waals surface area contributed by atoms with Crippen molar-refractivity contribution in [3.05, 3.63) is 431 Å². The second-order valence-electron chi connectivity index (χ2n) is 32.4. The van der Waals surface area contributed by atoms with E-state index in [1.165, 1.54) is 32.3 Å². The third-order valence-electron chi connectivity index (χ3n) is 24.9. The van der Waals surface area contributed by atoms with Crippen LogP contribution in [-0.2, 0) is 0 Å². The zero-order chi connectivity index (χ0) is 84.3. The van der Waals surface area contributed by atoms with Crippen LogP contribution in [0.5, 0.6) is 0 Å². The van der Waals surface area contributed by atoms with Crippen LogP contribution in [0, 0.1) is 0 Å². The smallest absolute Gasteiger partial charge is 0.238 e. The summed E-state index contributed by atoms with van der Waals surface area (Å²) >= 11 is 0. The van der Waals surface area contributed by atoms with E-state index in [0.717, 1.165) is 177 Å². The van der Waals surface area contributed by atoms with Crippen molar-refractivity contribution < 1.29 is 0 Å². The molecule has 8 aromatic heterocycles. The van der Waals surface area contributed by atoms with Gasteiger partial charge in [-0.25, -0.2) is 34.9 Å². The molecule has 0 fully saturated rings. The van der Waals surface area contributed by atoms with E-state index < -0.39 is 0 Å². The van der Waals surface area contributed by atoms with Crippen molar-refractivity contribution in [3.8, 4) is 136 Å². The fraction of sp³-hybridized carbons (Fsp3) is 0. The van der Waals surface area contributed by atoms with Gasteiger partial charge in [0, 0.05) is 87.6 Å². The third kappa shape index (κ3) is 12.3. The maximum atomic E-state index is 5.29. The van der Waals surface area contributed by atoms with Gasteiger partial charge in [-0.3, -0.25) is 18.3 Å². The second kappa shape index (κ2) is 30.2. The lowest BCUT2D eigenvalue weighted by Gasteiger charge is -2.13. The second-order valence-corrected chi connectivity index (χ2v) is 32.4. The highest BCUT2D eigenvalue weighted by atomic mass is 15.2. The number of nitrogens with zero attached hydrogens (tertiary/aromatic N) is 13. The Kier molecular flexibility index (Phi) is 17.3. The highest BCUT2D eigenvalue weighted by molar-refractivity contribution is 6.28. The fourth-order valence-corrected chi connectivity index (χ4v) is 19.1. The minimum atomic E-state index is 0.577.